The largest absolute Gasteiger partial charge is 0.494 e. The van der Waals surface area contributed by atoms with Crippen LogP contribution < -0.4 is 15.0 Å². The molecule has 3 aromatic rings. The van der Waals surface area contributed by atoms with Crippen molar-refractivity contribution in [3.63, 3.8) is 0 Å². The van der Waals surface area contributed by atoms with Crippen LogP contribution in [0.5, 0.6) is 5.75 Å². The summed E-state index contributed by atoms with van der Waals surface area (Å²) in [5, 5.41) is 10.9. The highest BCUT2D eigenvalue weighted by atomic mass is 19.4. The van der Waals surface area contributed by atoms with E-state index in [4.69, 9.17) is 4.74 Å². The summed E-state index contributed by atoms with van der Waals surface area (Å²) in [6.45, 7) is 6.18. The lowest BCUT2D eigenvalue weighted by Gasteiger charge is -2.35. The minimum absolute atomic E-state index is 0.0303. The van der Waals surface area contributed by atoms with Gasteiger partial charge in [0, 0.05) is 38.3 Å². The molecule has 0 atom stereocenters. The minimum Gasteiger partial charge on any atom is -0.494 e. The van der Waals surface area contributed by atoms with Crippen LogP contribution >= 0.6 is 0 Å². The molecule has 1 aromatic heterocycles. The molecule has 8 nitrogen and oxygen atoms in total. The van der Waals surface area contributed by atoms with E-state index in [2.05, 4.69) is 15.5 Å². The first kappa shape index (κ1) is 27.9. The van der Waals surface area contributed by atoms with E-state index in [0.29, 0.717) is 56.5 Å². The molecule has 1 aliphatic heterocycles. The van der Waals surface area contributed by atoms with E-state index < -0.39 is 17.6 Å². The average molecular weight is 542 g/mol. The molecular formula is C28H30F3N5O3. The van der Waals surface area contributed by atoms with Crippen LogP contribution in [0.4, 0.5) is 19.0 Å². The summed E-state index contributed by atoms with van der Waals surface area (Å²) in [5.74, 6) is 0.326. The van der Waals surface area contributed by atoms with Gasteiger partial charge in [-0.2, -0.15) is 13.2 Å². The normalized spacial score (nSPS) is 13.8. The summed E-state index contributed by atoms with van der Waals surface area (Å²) in [6, 6.07) is 13.5. The number of nitrogens with one attached hydrogen (secondary N) is 1. The second-order valence-corrected chi connectivity index (χ2v) is 9.07. The molecule has 4 rings (SSSR count). The summed E-state index contributed by atoms with van der Waals surface area (Å²) in [7, 11) is 0. The molecule has 0 saturated carbocycles. The molecule has 1 aliphatic rings. The summed E-state index contributed by atoms with van der Waals surface area (Å²) >= 11 is 0. The van der Waals surface area contributed by atoms with Crippen LogP contribution in [-0.4, -0.2) is 66.2 Å². The molecule has 1 fully saturated rings. The molecule has 0 bridgehead atoms. The second kappa shape index (κ2) is 12.1. The molecule has 0 radical (unpaired) electrons. The number of nitrogens with zero attached hydrogens (tertiary/aromatic N) is 4. The molecule has 39 heavy (non-hydrogen) atoms. The topological polar surface area (TPSA) is 87.7 Å². The quantitative estimate of drug-likeness (QED) is 0.446. The summed E-state index contributed by atoms with van der Waals surface area (Å²) < 4.78 is 46.7. The fourth-order valence-electron chi connectivity index (χ4n) is 4.28. The number of hydrogen-bond donors (Lipinski definition) is 1. The number of ether oxygens (including phenoxy) is 1. The van der Waals surface area contributed by atoms with Gasteiger partial charge in [0.25, 0.3) is 11.8 Å². The molecule has 2 aromatic carbocycles. The summed E-state index contributed by atoms with van der Waals surface area (Å²) in [5.41, 5.74) is 0.107. The van der Waals surface area contributed by atoms with Crippen molar-refractivity contribution in [2.24, 2.45) is 0 Å². The Hall–Kier alpha value is -4.15. The number of rotatable bonds is 8. The summed E-state index contributed by atoms with van der Waals surface area (Å²) in [6.07, 6.45) is -3.80. The molecule has 2 heterocycles. The smallest absolute Gasteiger partial charge is 0.416 e. The van der Waals surface area contributed by atoms with Crippen molar-refractivity contribution in [3.05, 3.63) is 71.4 Å². The number of aromatic nitrogens is 2. The minimum atomic E-state index is -4.61. The highest BCUT2D eigenvalue weighted by molar-refractivity contribution is 5.96. The summed E-state index contributed by atoms with van der Waals surface area (Å²) in [4.78, 5) is 28.8. The second-order valence-electron chi connectivity index (χ2n) is 9.07. The van der Waals surface area contributed by atoms with E-state index in [1.807, 2.05) is 18.7 Å². The number of carbonyl (C=O) groups excluding carboxylic acids is 2. The van der Waals surface area contributed by atoms with E-state index in [1.54, 1.807) is 36.4 Å². The van der Waals surface area contributed by atoms with Crippen LogP contribution in [0.2, 0.25) is 0 Å². The van der Waals surface area contributed by atoms with Gasteiger partial charge in [0.1, 0.15) is 5.75 Å². The lowest BCUT2D eigenvalue weighted by Crippen LogP contribution is -2.49. The fourth-order valence-corrected chi connectivity index (χ4v) is 4.28. The Morgan fingerprint density at radius 3 is 2.36 bits per heavy atom. The third-order valence-corrected chi connectivity index (χ3v) is 6.30. The van der Waals surface area contributed by atoms with Gasteiger partial charge in [-0.3, -0.25) is 9.59 Å². The third kappa shape index (κ3) is 6.84. The van der Waals surface area contributed by atoms with E-state index in [1.165, 1.54) is 11.0 Å². The van der Waals surface area contributed by atoms with Crippen molar-refractivity contribution in [1.82, 2.24) is 20.4 Å². The SMILES string of the molecule is CCCNC(=O)c1ccc(N2CCN(C(=O)c3cc(-c4cccc(OCC)c4)cc(C(F)(F)F)c3)CC2)nn1. The van der Waals surface area contributed by atoms with E-state index in [9.17, 15) is 22.8 Å². The Morgan fingerprint density at radius 1 is 0.949 bits per heavy atom. The molecular weight excluding hydrogens is 511 g/mol. The van der Waals surface area contributed by atoms with Crippen molar-refractivity contribution in [2.75, 3.05) is 44.2 Å². The number of amides is 2. The lowest BCUT2D eigenvalue weighted by atomic mass is 9.98. The van der Waals surface area contributed by atoms with Crippen molar-refractivity contribution in [2.45, 2.75) is 26.4 Å². The van der Waals surface area contributed by atoms with Gasteiger partial charge in [-0.1, -0.05) is 19.1 Å². The number of alkyl halides is 3. The number of carbonyl (C=O) groups is 2. The van der Waals surface area contributed by atoms with Crippen molar-refractivity contribution in [3.8, 4) is 16.9 Å². The predicted molar refractivity (Wildman–Crippen MR) is 141 cm³/mol. The maximum atomic E-state index is 13.8. The van der Waals surface area contributed by atoms with Crippen LogP contribution in [0, 0.1) is 0 Å². The van der Waals surface area contributed by atoms with Gasteiger partial charge in [-0.15, -0.1) is 10.2 Å². The van der Waals surface area contributed by atoms with Crippen molar-refractivity contribution in [1.29, 1.82) is 0 Å². The number of hydrogen-bond acceptors (Lipinski definition) is 6. The first-order chi connectivity index (χ1) is 18.7. The first-order valence-corrected chi connectivity index (χ1v) is 12.8. The number of piperazine rings is 1. The number of benzene rings is 2. The Bertz CT molecular complexity index is 1310. The van der Waals surface area contributed by atoms with Gasteiger partial charge in [0.15, 0.2) is 11.5 Å². The van der Waals surface area contributed by atoms with Gasteiger partial charge in [-0.25, -0.2) is 0 Å². The lowest BCUT2D eigenvalue weighted by molar-refractivity contribution is -0.137. The highest BCUT2D eigenvalue weighted by Gasteiger charge is 2.33. The highest BCUT2D eigenvalue weighted by Crippen LogP contribution is 2.35. The monoisotopic (exact) mass is 541 g/mol. The molecule has 2 amide bonds. The number of halogens is 3. The zero-order valence-electron chi connectivity index (χ0n) is 21.8. The third-order valence-electron chi connectivity index (χ3n) is 6.30. The van der Waals surface area contributed by atoms with E-state index >= 15 is 0 Å². The van der Waals surface area contributed by atoms with E-state index in [-0.39, 0.29) is 22.7 Å². The van der Waals surface area contributed by atoms with Gasteiger partial charge in [0.05, 0.1) is 12.2 Å². The van der Waals surface area contributed by atoms with Crippen LogP contribution in [0.15, 0.2) is 54.6 Å². The molecule has 0 unspecified atom stereocenters. The Kier molecular flexibility index (Phi) is 8.68. The van der Waals surface area contributed by atoms with Crippen molar-refractivity contribution >= 4 is 17.6 Å². The molecule has 11 heteroatoms. The van der Waals surface area contributed by atoms with Gasteiger partial charge in [0.2, 0.25) is 0 Å². The van der Waals surface area contributed by atoms with Gasteiger partial charge < -0.3 is 19.9 Å². The fraction of sp³-hybridized carbons (Fsp3) is 0.357. The van der Waals surface area contributed by atoms with Crippen LogP contribution in [0.3, 0.4) is 0 Å². The molecule has 206 valence electrons. The number of anilines is 1. The predicted octanol–water partition coefficient (Wildman–Crippen LogP) is 4.66. The van der Waals surface area contributed by atoms with Gasteiger partial charge in [-0.05, 0) is 66.9 Å². The Labute approximate surface area is 224 Å². The average Bonchev–Trinajstić information content (AvgIpc) is 2.95. The van der Waals surface area contributed by atoms with Crippen LogP contribution in [0.1, 0.15) is 46.7 Å². The maximum Gasteiger partial charge on any atom is 0.416 e. The van der Waals surface area contributed by atoms with Gasteiger partial charge >= 0.3 is 6.18 Å². The van der Waals surface area contributed by atoms with Crippen LogP contribution in [-0.2, 0) is 6.18 Å². The Balaban J connectivity index is 1.49. The van der Waals surface area contributed by atoms with Crippen LogP contribution in [0.25, 0.3) is 11.1 Å². The zero-order valence-corrected chi connectivity index (χ0v) is 21.8. The standard InChI is InChI=1S/C28H30F3N5O3/c1-3-10-32-26(37)24-8-9-25(34-33-24)35-11-13-36(14-12-35)27(38)21-15-20(16-22(17-21)28(29,30)31)19-6-5-7-23(18-19)39-4-2/h5-9,15-18H,3-4,10-14H2,1-2H3,(H,32,37). The molecule has 1 saturated heterocycles. The molecule has 0 spiro atoms. The zero-order chi connectivity index (χ0) is 28.0. The molecule has 1 N–H and O–H groups in total. The van der Waals surface area contributed by atoms with E-state index in [0.717, 1.165) is 18.6 Å². The Morgan fingerprint density at radius 2 is 1.72 bits per heavy atom. The molecule has 0 aliphatic carbocycles. The first-order valence-electron chi connectivity index (χ1n) is 12.8. The maximum absolute atomic E-state index is 13.8. The van der Waals surface area contributed by atoms with Crippen molar-refractivity contribution < 1.29 is 27.5 Å².